The molecule has 0 aliphatic carbocycles. The smallest absolute Gasteiger partial charge is 0.0361 e. The van der Waals surface area contributed by atoms with E-state index in [1.807, 2.05) is 0 Å². The second-order valence-corrected chi connectivity index (χ2v) is 5.40. The largest absolute Gasteiger partial charge is 0.378 e. The second kappa shape index (κ2) is 6.21. The summed E-state index contributed by atoms with van der Waals surface area (Å²) in [4.78, 5) is 4.70. The van der Waals surface area contributed by atoms with Crippen LogP contribution in [0.25, 0.3) is 0 Å². The van der Waals surface area contributed by atoms with Crippen LogP contribution in [-0.4, -0.2) is 45.2 Å². The number of hydrogen-bond acceptors (Lipinski definition) is 3. The predicted molar refractivity (Wildman–Crippen MR) is 78.1 cm³/mol. The average molecular weight is 247 g/mol. The Balaban J connectivity index is 1.86. The van der Waals surface area contributed by atoms with Crippen LogP contribution in [0.3, 0.4) is 0 Å². The fraction of sp³-hybridized carbons (Fsp3) is 0.600. The van der Waals surface area contributed by atoms with Crippen molar-refractivity contribution in [2.24, 2.45) is 0 Å². The van der Waals surface area contributed by atoms with Crippen molar-refractivity contribution >= 4 is 5.69 Å². The monoisotopic (exact) mass is 247 g/mol. The lowest BCUT2D eigenvalue weighted by Gasteiger charge is -2.31. The summed E-state index contributed by atoms with van der Waals surface area (Å²) in [5.74, 6) is 0. The summed E-state index contributed by atoms with van der Waals surface area (Å²) in [5, 5.41) is 3.38. The minimum absolute atomic E-state index is 0.720. The van der Waals surface area contributed by atoms with Gasteiger partial charge in [0.05, 0.1) is 0 Å². The third-order valence-electron chi connectivity index (χ3n) is 3.85. The van der Waals surface area contributed by atoms with Crippen molar-refractivity contribution in [3.05, 3.63) is 29.8 Å². The van der Waals surface area contributed by atoms with E-state index in [9.17, 15) is 0 Å². The van der Waals surface area contributed by atoms with Gasteiger partial charge in [0, 0.05) is 32.4 Å². The first-order chi connectivity index (χ1) is 8.69. The lowest BCUT2D eigenvalue weighted by Crippen LogP contribution is -2.40. The number of piperidine rings is 1. The molecule has 0 unspecified atom stereocenters. The van der Waals surface area contributed by atoms with Crippen molar-refractivity contribution < 1.29 is 0 Å². The molecule has 0 saturated carbocycles. The molecule has 1 heterocycles. The Morgan fingerprint density at radius 1 is 1.17 bits per heavy atom. The zero-order chi connectivity index (χ0) is 13.0. The molecule has 0 atom stereocenters. The quantitative estimate of drug-likeness (QED) is 0.877. The van der Waals surface area contributed by atoms with Crippen LogP contribution in [0.4, 0.5) is 5.69 Å². The standard InChI is InChI=1S/C15H25N3/c1-16-14-8-10-18(11-9-14)12-13-4-6-15(7-5-13)17(2)3/h4-7,14,16H,8-12H2,1-3H3. The molecule has 1 aliphatic rings. The fourth-order valence-corrected chi connectivity index (χ4v) is 2.54. The molecular formula is C15H25N3. The van der Waals surface area contributed by atoms with E-state index in [2.05, 4.69) is 60.5 Å². The first-order valence-electron chi connectivity index (χ1n) is 6.85. The minimum atomic E-state index is 0.720. The van der Waals surface area contributed by atoms with Gasteiger partial charge in [0.1, 0.15) is 0 Å². The van der Waals surface area contributed by atoms with Gasteiger partial charge in [0.25, 0.3) is 0 Å². The summed E-state index contributed by atoms with van der Waals surface area (Å²) >= 11 is 0. The highest BCUT2D eigenvalue weighted by molar-refractivity contribution is 5.45. The van der Waals surface area contributed by atoms with Crippen molar-refractivity contribution in [1.29, 1.82) is 0 Å². The summed E-state index contributed by atoms with van der Waals surface area (Å²) in [7, 11) is 6.23. The number of hydrogen-bond donors (Lipinski definition) is 1. The van der Waals surface area contributed by atoms with Gasteiger partial charge in [-0.15, -0.1) is 0 Å². The maximum absolute atomic E-state index is 3.38. The zero-order valence-corrected chi connectivity index (χ0v) is 11.8. The first kappa shape index (κ1) is 13.4. The maximum atomic E-state index is 3.38. The molecule has 0 amide bonds. The van der Waals surface area contributed by atoms with Crippen LogP contribution in [0.5, 0.6) is 0 Å². The van der Waals surface area contributed by atoms with E-state index in [0.717, 1.165) is 12.6 Å². The molecule has 1 aromatic rings. The van der Waals surface area contributed by atoms with Gasteiger partial charge in [-0.05, 0) is 50.7 Å². The minimum Gasteiger partial charge on any atom is -0.378 e. The van der Waals surface area contributed by atoms with Gasteiger partial charge in [-0.2, -0.15) is 0 Å². The highest BCUT2D eigenvalue weighted by Crippen LogP contribution is 2.16. The van der Waals surface area contributed by atoms with Gasteiger partial charge < -0.3 is 10.2 Å². The molecule has 100 valence electrons. The summed E-state index contributed by atoms with van der Waals surface area (Å²) in [6.45, 7) is 3.51. The van der Waals surface area contributed by atoms with Crippen molar-refractivity contribution in [3.63, 3.8) is 0 Å². The Morgan fingerprint density at radius 2 is 1.78 bits per heavy atom. The highest BCUT2D eigenvalue weighted by Gasteiger charge is 2.17. The number of anilines is 1. The molecule has 2 rings (SSSR count). The number of rotatable bonds is 4. The number of benzene rings is 1. The lowest BCUT2D eigenvalue weighted by molar-refractivity contribution is 0.194. The third kappa shape index (κ3) is 3.47. The Kier molecular flexibility index (Phi) is 4.61. The van der Waals surface area contributed by atoms with Gasteiger partial charge in [-0.25, -0.2) is 0 Å². The van der Waals surface area contributed by atoms with Gasteiger partial charge >= 0.3 is 0 Å². The predicted octanol–water partition coefficient (Wildman–Crippen LogP) is 1.94. The number of nitrogens with zero attached hydrogens (tertiary/aromatic N) is 2. The summed E-state index contributed by atoms with van der Waals surface area (Å²) in [5.41, 5.74) is 2.69. The third-order valence-corrected chi connectivity index (χ3v) is 3.85. The Hall–Kier alpha value is -1.06. The number of nitrogens with one attached hydrogen (secondary N) is 1. The Bertz CT molecular complexity index is 351. The molecule has 1 aromatic carbocycles. The van der Waals surface area contributed by atoms with Gasteiger partial charge in [0.2, 0.25) is 0 Å². The second-order valence-electron chi connectivity index (χ2n) is 5.40. The summed E-state index contributed by atoms with van der Waals surface area (Å²) < 4.78 is 0. The van der Waals surface area contributed by atoms with Gasteiger partial charge in [-0.1, -0.05) is 12.1 Å². The summed E-state index contributed by atoms with van der Waals surface area (Å²) in [6.07, 6.45) is 2.54. The molecular weight excluding hydrogens is 222 g/mol. The van der Waals surface area contributed by atoms with Crippen molar-refractivity contribution in [3.8, 4) is 0 Å². The van der Waals surface area contributed by atoms with E-state index in [1.165, 1.54) is 37.2 Å². The molecule has 1 aliphatic heterocycles. The highest BCUT2D eigenvalue weighted by atomic mass is 15.1. The molecule has 0 radical (unpaired) electrons. The van der Waals surface area contributed by atoms with Gasteiger partial charge in [-0.3, -0.25) is 4.90 Å². The van der Waals surface area contributed by atoms with Crippen molar-refractivity contribution in [2.75, 3.05) is 39.1 Å². The van der Waals surface area contributed by atoms with E-state index in [1.54, 1.807) is 0 Å². The molecule has 0 spiro atoms. The molecule has 0 bridgehead atoms. The molecule has 18 heavy (non-hydrogen) atoms. The van der Waals surface area contributed by atoms with E-state index in [4.69, 9.17) is 0 Å². The van der Waals surface area contributed by atoms with Crippen LogP contribution < -0.4 is 10.2 Å². The van der Waals surface area contributed by atoms with Crippen LogP contribution in [-0.2, 0) is 6.54 Å². The fourth-order valence-electron chi connectivity index (χ4n) is 2.54. The van der Waals surface area contributed by atoms with E-state index in [-0.39, 0.29) is 0 Å². The van der Waals surface area contributed by atoms with Crippen LogP contribution in [0.15, 0.2) is 24.3 Å². The lowest BCUT2D eigenvalue weighted by atomic mass is 10.0. The molecule has 0 aromatic heterocycles. The average Bonchev–Trinajstić information content (AvgIpc) is 2.40. The first-order valence-corrected chi connectivity index (χ1v) is 6.85. The van der Waals surface area contributed by atoms with Crippen LogP contribution in [0.2, 0.25) is 0 Å². The molecule has 1 saturated heterocycles. The van der Waals surface area contributed by atoms with Crippen LogP contribution in [0, 0.1) is 0 Å². The van der Waals surface area contributed by atoms with Gasteiger partial charge in [0.15, 0.2) is 0 Å². The summed E-state index contributed by atoms with van der Waals surface area (Å²) in [6, 6.07) is 9.63. The molecule has 3 nitrogen and oxygen atoms in total. The Labute approximate surface area is 111 Å². The normalized spacial score (nSPS) is 17.9. The van der Waals surface area contributed by atoms with E-state index < -0.39 is 0 Å². The zero-order valence-electron chi connectivity index (χ0n) is 11.8. The van der Waals surface area contributed by atoms with Crippen LogP contribution >= 0.6 is 0 Å². The Morgan fingerprint density at radius 3 is 2.28 bits per heavy atom. The van der Waals surface area contributed by atoms with Crippen LogP contribution in [0.1, 0.15) is 18.4 Å². The van der Waals surface area contributed by atoms with Crippen molar-refractivity contribution in [1.82, 2.24) is 10.2 Å². The molecule has 3 heteroatoms. The number of likely N-dealkylation sites (tertiary alicyclic amines) is 1. The van der Waals surface area contributed by atoms with Crippen molar-refractivity contribution in [2.45, 2.75) is 25.4 Å². The van der Waals surface area contributed by atoms with E-state index in [0.29, 0.717) is 0 Å². The molecule has 1 N–H and O–H groups in total. The maximum Gasteiger partial charge on any atom is 0.0361 e. The van der Waals surface area contributed by atoms with E-state index >= 15 is 0 Å². The molecule has 1 fully saturated rings. The topological polar surface area (TPSA) is 18.5 Å². The SMILES string of the molecule is CNC1CCN(Cc2ccc(N(C)C)cc2)CC1.